The van der Waals surface area contributed by atoms with E-state index < -0.39 is 11.8 Å². The molecule has 5 heteroatoms. The Morgan fingerprint density at radius 1 is 1.39 bits per heavy atom. The fraction of sp³-hybridized carbons (Fsp3) is 0.462. The summed E-state index contributed by atoms with van der Waals surface area (Å²) >= 11 is 1.26. The lowest BCUT2D eigenvalue weighted by molar-refractivity contribution is 0.0692. The predicted molar refractivity (Wildman–Crippen MR) is 71.9 cm³/mol. The maximum Gasteiger partial charge on any atom is 0.336 e. The minimum absolute atomic E-state index is 0.0412. The van der Waals surface area contributed by atoms with Crippen LogP contribution in [0.3, 0.4) is 0 Å². The fourth-order valence-corrected chi connectivity index (χ4v) is 2.71. The Hall–Kier alpha value is -1.07. The molecule has 1 rings (SSSR count). The summed E-state index contributed by atoms with van der Waals surface area (Å²) in [5, 5.41) is 9.00. The molecule has 0 fully saturated rings. The molecule has 0 atom stereocenters. The molecule has 3 nitrogen and oxygen atoms in total. The lowest BCUT2D eigenvalue weighted by Gasteiger charge is -2.17. The third-order valence-corrected chi connectivity index (χ3v) is 3.84. The summed E-state index contributed by atoms with van der Waals surface area (Å²) < 4.78 is 13.6. The largest absolute Gasteiger partial charge is 0.478 e. The molecule has 0 unspecified atom stereocenters. The second-order valence-corrected chi connectivity index (χ2v) is 4.90. The number of benzene rings is 1. The molecule has 0 heterocycles. The van der Waals surface area contributed by atoms with Crippen LogP contribution in [0.5, 0.6) is 0 Å². The Morgan fingerprint density at radius 3 is 2.61 bits per heavy atom. The van der Waals surface area contributed by atoms with Crippen LogP contribution in [0.25, 0.3) is 0 Å². The molecule has 100 valence electrons. The molecule has 0 aliphatic heterocycles. The molecule has 0 saturated carbocycles. The fourth-order valence-electron chi connectivity index (χ4n) is 1.64. The first kappa shape index (κ1) is 15.0. The number of rotatable bonds is 7. The van der Waals surface area contributed by atoms with Gasteiger partial charge >= 0.3 is 5.97 Å². The van der Waals surface area contributed by atoms with Crippen LogP contribution in [0.4, 0.5) is 4.39 Å². The average Bonchev–Trinajstić information content (AvgIpc) is 2.36. The zero-order valence-electron chi connectivity index (χ0n) is 10.6. The SMILES string of the molecule is CCN(CC)CCSc1c(F)cccc1C(=O)O. The van der Waals surface area contributed by atoms with Gasteiger partial charge in [0.15, 0.2) is 0 Å². The van der Waals surface area contributed by atoms with Crippen LogP contribution >= 0.6 is 11.8 Å². The average molecular weight is 271 g/mol. The molecular weight excluding hydrogens is 253 g/mol. The van der Waals surface area contributed by atoms with Crippen molar-refractivity contribution in [3.05, 3.63) is 29.6 Å². The number of carboxylic acids is 1. The normalized spacial score (nSPS) is 10.9. The van der Waals surface area contributed by atoms with E-state index in [-0.39, 0.29) is 10.5 Å². The molecule has 0 amide bonds. The van der Waals surface area contributed by atoms with Crippen molar-refractivity contribution in [3.63, 3.8) is 0 Å². The maximum atomic E-state index is 13.6. The Balaban J connectivity index is 2.69. The molecule has 0 saturated heterocycles. The zero-order valence-corrected chi connectivity index (χ0v) is 11.5. The van der Waals surface area contributed by atoms with E-state index in [1.165, 1.54) is 30.0 Å². The summed E-state index contributed by atoms with van der Waals surface area (Å²) in [6.45, 7) is 6.85. The standard InChI is InChI=1S/C13H18FNO2S/c1-3-15(4-2)8-9-18-12-10(13(16)17)6-5-7-11(12)14/h5-7H,3-4,8-9H2,1-2H3,(H,16,17). The number of aromatic carboxylic acids is 1. The van der Waals surface area contributed by atoms with Crippen LogP contribution in [0, 0.1) is 5.82 Å². The summed E-state index contributed by atoms with van der Waals surface area (Å²) in [6.07, 6.45) is 0. The van der Waals surface area contributed by atoms with E-state index in [4.69, 9.17) is 5.11 Å². The van der Waals surface area contributed by atoms with Crippen molar-refractivity contribution in [1.82, 2.24) is 4.90 Å². The highest BCUT2D eigenvalue weighted by molar-refractivity contribution is 7.99. The highest BCUT2D eigenvalue weighted by Gasteiger charge is 2.14. The molecule has 0 aromatic heterocycles. The Bertz CT molecular complexity index is 408. The minimum atomic E-state index is -1.08. The van der Waals surface area contributed by atoms with Crippen LogP contribution in [0.1, 0.15) is 24.2 Å². The second-order valence-electron chi connectivity index (χ2n) is 3.80. The third-order valence-electron chi connectivity index (χ3n) is 2.75. The van der Waals surface area contributed by atoms with Gasteiger partial charge in [-0.25, -0.2) is 9.18 Å². The van der Waals surface area contributed by atoms with Gasteiger partial charge in [-0.2, -0.15) is 0 Å². The van der Waals surface area contributed by atoms with Gasteiger partial charge in [-0.05, 0) is 25.2 Å². The van der Waals surface area contributed by atoms with Crippen LogP contribution in [0.2, 0.25) is 0 Å². The number of carbonyl (C=O) groups is 1. The summed E-state index contributed by atoms with van der Waals surface area (Å²) in [7, 11) is 0. The van der Waals surface area contributed by atoms with Crippen molar-refractivity contribution < 1.29 is 14.3 Å². The molecule has 0 aliphatic rings. The number of thioether (sulfide) groups is 1. The van der Waals surface area contributed by atoms with Gasteiger partial charge in [0.05, 0.1) is 10.5 Å². The molecule has 1 aromatic rings. The van der Waals surface area contributed by atoms with Crippen molar-refractivity contribution >= 4 is 17.7 Å². The smallest absolute Gasteiger partial charge is 0.336 e. The lowest BCUT2D eigenvalue weighted by Crippen LogP contribution is -2.25. The van der Waals surface area contributed by atoms with E-state index >= 15 is 0 Å². The number of halogens is 1. The zero-order chi connectivity index (χ0) is 13.5. The van der Waals surface area contributed by atoms with Gasteiger partial charge < -0.3 is 10.0 Å². The first-order valence-electron chi connectivity index (χ1n) is 5.97. The highest BCUT2D eigenvalue weighted by Crippen LogP contribution is 2.26. The second kappa shape index (κ2) is 7.38. The first-order chi connectivity index (χ1) is 8.60. The quantitative estimate of drug-likeness (QED) is 0.774. The van der Waals surface area contributed by atoms with E-state index in [0.29, 0.717) is 5.75 Å². The highest BCUT2D eigenvalue weighted by atomic mass is 32.2. The van der Waals surface area contributed by atoms with Gasteiger partial charge in [-0.15, -0.1) is 11.8 Å². The summed E-state index contributed by atoms with van der Waals surface area (Å²) in [5.41, 5.74) is 0.0412. The van der Waals surface area contributed by atoms with Crippen LogP contribution in [-0.4, -0.2) is 41.4 Å². The molecule has 0 radical (unpaired) electrons. The molecule has 18 heavy (non-hydrogen) atoms. The van der Waals surface area contributed by atoms with E-state index in [2.05, 4.69) is 18.7 Å². The number of nitrogens with zero attached hydrogens (tertiary/aromatic N) is 1. The van der Waals surface area contributed by atoms with Crippen LogP contribution in [0.15, 0.2) is 23.1 Å². The van der Waals surface area contributed by atoms with Crippen molar-refractivity contribution in [2.45, 2.75) is 18.7 Å². The predicted octanol–water partition coefficient (Wildman–Crippen LogP) is 2.96. The van der Waals surface area contributed by atoms with Crippen LogP contribution in [-0.2, 0) is 0 Å². The van der Waals surface area contributed by atoms with Gasteiger partial charge in [-0.3, -0.25) is 0 Å². The van der Waals surface area contributed by atoms with E-state index in [1.54, 1.807) is 0 Å². The molecular formula is C13H18FNO2S. The minimum Gasteiger partial charge on any atom is -0.478 e. The Labute approximate surface area is 111 Å². The van der Waals surface area contributed by atoms with Gasteiger partial charge in [0.25, 0.3) is 0 Å². The lowest BCUT2D eigenvalue weighted by atomic mass is 10.2. The van der Waals surface area contributed by atoms with E-state index in [9.17, 15) is 9.18 Å². The van der Waals surface area contributed by atoms with Gasteiger partial charge in [-0.1, -0.05) is 19.9 Å². The summed E-state index contributed by atoms with van der Waals surface area (Å²) in [5.74, 6) is -0.859. The Kier molecular flexibility index (Phi) is 6.15. The molecule has 1 aromatic carbocycles. The first-order valence-corrected chi connectivity index (χ1v) is 6.95. The molecule has 0 bridgehead atoms. The maximum absolute atomic E-state index is 13.6. The van der Waals surface area contributed by atoms with Gasteiger partial charge in [0, 0.05) is 12.3 Å². The summed E-state index contributed by atoms with van der Waals surface area (Å²) in [4.78, 5) is 13.4. The van der Waals surface area contributed by atoms with E-state index in [1.807, 2.05) is 0 Å². The number of hydrogen-bond donors (Lipinski definition) is 1. The van der Waals surface area contributed by atoms with Crippen molar-refractivity contribution in [2.75, 3.05) is 25.4 Å². The van der Waals surface area contributed by atoms with Gasteiger partial charge in [0.2, 0.25) is 0 Å². The van der Waals surface area contributed by atoms with Crippen LogP contribution < -0.4 is 0 Å². The summed E-state index contributed by atoms with van der Waals surface area (Å²) in [6, 6.07) is 4.16. The third kappa shape index (κ3) is 3.99. The van der Waals surface area contributed by atoms with Crippen molar-refractivity contribution in [1.29, 1.82) is 0 Å². The molecule has 0 spiro atoms. The molecule has 1 N–H and O–H groups in total. The van der Waals surface area contributed by atoms with E-state index in [0.717, 1.165) is 19.6 Å². The van der Waals surface area contributed by atoms with Crippen molar-refractivity contribution in [3.8, 4) is 0 Å². The monoisotopic (exact) mass is 271 g/mol. The number of carboxylic acid groups (broad SMARTS) is 1. The number of hydrogen-bond acceptors (Lipinski definition) is 3. The Morgan fingerprint density at radius 2 is 2.06 bits per heavy atom. The molecule has 0 aliphatic carbocycles. The topological polar surface area (TPSA) is 40.5 Å². The van der Waals surface area contributed by atoms with Gasteiger partial charge in [0.1, 0.15) is 5.82 Å². The van der Waals surface area contributed by atoms with Crippen molar-refractivity contribution in [2.24, 2.45) is 0 Å².